The van der Waals surface area contributed by atoms with Gasteiger partial charge in [0.2, 0.25) is 0 Å². The smallest absolute Gasteiger partial charge is 0.306 e. The van der Waals surface area contributed by atoms with Gasteiger partial charge in [-0.15, -0.1) is 0 Å². The SMILES string of the molecule is COc1cc([C@@H](O)CC(=O)O)ccc1Br. The van der Waals surface area contributed by atoms with E-state index < -0.39 is 12.1 Å². The molecule has 0 saturated carbocycles. The molecule has 15 heavy (non-hydrogen) atoms. The Morgan fingerprint density at radius 3 is 2.80 bits per heavy atom. The van der Waals surface area contributed by atoms with E-state index in [-0.39, 0.29) is 6.42 Å². The second-order valence-corrected chi connectivity index (χ2v) is 3.86. The third-order valence-corrected chi connectivity index (χ3v) is 2.58. The van der Waals surface area contributed by atoms with E-state index in [1.807, 2.05) is 0 Å². The van der Waals surface area contributed by atoms with Gasteiger partial charge in [0.25, 0.3) is 0 Å². The molecule has 0 aliphatic rings. The summed E-state index contributed by atoms with van der Waals surface area (Å²) in [5.74, 6) is -0.471. The highest BCUT2D eigenvalue weighted by Gasteiger charge is 2.13. The first-order chi connectivity index (χ1) is 7.04. The van der Waals surface area contributed by atoms with E-state index >= 15 is 0 Å². The molecule has 0 aliphatic carbocycles. The lowest BCUT2D eigenvalue weighted by molar-refractivity contribution is -0.139. The van der Waals surface area contributed by atoms with Crippen LogP contribution in [0.3, 0.4) is 0 Å². The summed E-state index contributed by atoms with van der Waals surface area (Å²) in [6.45, 7) is 0. The van der Waals surface area contributed by atoms with Crippen LogP contribution in [-0.2, 0) is 4.79 Å². The number of methoxy groups -OCH3 is 1. The van der Waals surface area contributed by atoms with E-state index in [4.69, 9.17) is 9.84 Å². The van der Waals surface area contributed by atoms with Crippen molar-refractivity contribution in [2.45, 2.75) is 12.5 Å². The lowest BCUT2D eigenvalue weighted by atomic mass is 10.1. The first-order valence-corrected chi connectivity index (χ1v) is 5.07. The fourth-order valence-electron chi connectivity index (χ4n) is 1.17. The molecule has 82 valence electrons. The fourth-order valence-corrected chi connectivity index (χ4v) is 1.58. The van der Waals surface area contributed by atoms with E-state index in [1.165, 1.54) is 7.11 Å². The van der Waals surface area contributed by atoms with Crippen molar-refractivity contribution in [1.29, 1.82) is 0 Å². The predicted octanol–water partition coefficient (Wildman–Crippen LogP) is 1.97. The topological polar surface area (TPSA) is 66.8 Å². The van der Waals surface area contributed by atoms with Crippen LogP contribution in [0.5, 0.6) is 5.75 Å². The minimum absolute atomic E-state index is 0.315. The lowest BCUT2D eigenvalue weighted by Crippen LogP contribution is -2.05. The van der Waals surface area contributed by atoms with Crippen LogP contribution >= 0.6 is 15.9 Å². The van der Waals surface area contributed by atoms with Crippen molar-refractivity contribution in [3.05, 3.63) is 28.2 Å². The molecule has 0 fully saturated rings. The van der Waals surface area contributed by atoms with Gasteiger partial charge >= 0.3 is 5.97 Å². The quantitative estimate of drug-likeness (QED) is 0.881. The number of benzene rings is 1. The molecule has 0 heterocycles. The molecule has 1 rings (SSSR count). The van der Waals surface area contributed by atoms with Gasteiger partial charge in [-0.3, -0.25) is 4.79 Å². The van der Waals surface area contributed by atoms with Gasteiger partial charge in [-0.2, -0.15) is 0 Å². The standard InChI is InChI=1S/C10H11BrO4/c1-15-9-4-6(2-3-7(9)11)8(12)5-10(13)14/h2-4,8,12H,5H2,1H3,(H,13,14)/t8-/m0/s1. The molecular weight excluding hydrogens is 264 g/mol. The Kier molecular flexibility index (Phi) is 4.11. The molecule has 1 aromatic rings. The molecule has 0 aromatic heterocycles. The van der Waals surface area contributed by atoms with Crippen molar-refractivity contribution in [2.75, 3.05) is 7.11 Å². The Hall–Kier alpha value is -1.07. The molecule has 0 saturated heterocycles. The summed E-state index contributed by atoms with van der Waals surface area (Å²) in [5.41, 5.74) is 0.525. The highest BCUT2D eigenvalue weighted by atomic mass is 79.9. The van der Waals surface area contributed by atoms with E-state index in [9.17, 15) is 9.90 Å². The second kappa shape index (κ2) is 5.14. The number of aliphatic carboxylic acids is 1. The van der Waals surface area contributed by atoms with Crippen molar-refractivity contribution in [3.8, 4) is 5.75 Å². The Morgan fingerprint density at radius 2 is 2.27 bits per heavy atom. The number of rotatable bonds is 4. The minimum Gasteiger partial charge on any atom is -0.496 e. The molecule has 5 heteroatoms. The zero-order chi connectivity index (χ0) is 11.4. The van der Waals surface area contributed by atoms with Gasteiger partial charge in [-0.25, -0.2) is 0 Å². The molecule has 4 nitrogen and oxygen atoms in total. The number of carboxylic acid groups (broad SMARTS) is 1. The van der Waals surface area contributed by atoms with Crippen LogP contribution in [-0.4, -0.2) is 23.3 Å². The largest absolute Gasteiger partial charge is 0.496 e. The van der Waals surface area contributed by atoms with E-state index in [2.05, 4.69) is 15.9 Å². The number of carboxylic acids is 1. The van der Waals surface area contributed by atoms with Crippen LogP contribution in [0.2, 0.25) is 0 Å². The molecule has 0 amide bonds. The number of ether oxygens (including phenoxy) is 1. The maximum absolute atomic E-state index is 10.4. The fraction of sp³-hybridized carbons (Fsp3) is 0.300. The first-order valence-electron chi connectivity index (χ1n) is 4.28. The van der Waals surface area contributed by atoms with Gasteiger partial charge in [0.15, 0.2) is 0 Å². The maximum atomic E-state index is 10.4. The summed E-state index contributed by atoms with van der Waals surface area (Å²) in [6.07, 6.45) is -1.32. The predicted molar refractivity (Wildman–Crippen MR) is 57.9 cm³/mol. The van der Waals surface area contributed by atoms with Gasteiger partial charge in [0.05, 0.1) is 24.1 Å². The van der Waals surface area contributed by atoms with Crippen molar-refractivity contribution < 1.29 is 19.7 Å². The highest BCUT2D eigenvalue weighted by molar-refractivity contribution is 9.10. The van der Waals surface area contributed by atoms with Crippen LogP contribution < -0.4 is 4.74 Å². The first kappa shape index (κ1) is 12.0. The van der Waals surface area contributed by atoms with Crippen LogP contribution in [0.15, 0.2) is 22.7 Å². The van der Waals surface area contributed by atoms with Crippen molar-refractivity contribution in [3.63, 3.8) is 0 Å². The zero-order valence-corrected chi connectivity index (χ0v) is 9.69. The number of hydrogen-bond donors (Lipinski definition) is 2. The number of carbonyl (C=O) groups is 1. The normalized spacial score (nSPS) is 12.2. The highest BCUT2D eigenvalue weighted by Crippen LogP contribution is 2.29. The minimum atomic E-state index is -1.04. The lowest BCUT2D eigenvalue weighted by Gasteiger charge is -2.10. The van der Waals surface area contributed by atoms with Crippen LogP contribution in [0.4, 0.5) is 0 Å². The molecule has 1 aromatic carbocycles. The second-order valence-electron chi connectivity index (χ2n) is 3.01. The summed E-state index contributed by atoms with van der Waals surface area (Å²) >= 11 is 3.27. The Bertz CT molecular complexity index is 364. The average Bonchev–Trinajstić information content (AvgIpc) is 2.17. The number of aliphatic hydroxyl groups excluding tert-OH is 1. The molecule has 0 radical (unpaired) electrons. The average molecular weight is 275 g/mol. The monoisotopic (exact) mass is 274 g/mol. The summed E-state index contributed by atoms with van der Waals surface area (Å²) in [4.78, 5) is 10.4. The third kappa shape index (κ3) is 3.21. The van der Waals surface area contributed by atoms with Gasteiger partial charge in [-0.1, -0.05) is 6.07 Å². The van der Waals surface area contributed by atoms with E-state index in [0.29, 0.717) is 11.3 Å². The zero-order valence-electron chi connectivity index (χ0n) is 8.11. The van der Waals surface area contributed by atoms with Crippen LogP contribution in [0, 0.1) is 0 Å². The number of aliphatic hydroxyl groups is 1. The summed E-state index contributed by atoms with van der Waals surface area (Å²) < 4.78 is 5.80. The van der Waals surface area contributed by atoms with E-state index in [1.54, 1.807) is 18.2 Å². The molecule has 0 spiro atoms. The molecular formula is C10H11BrO4. The summed E-state index contributed by atoms with van der Waals surface area (Å²) in [6, 6.07) is 4.97. The Labute approximate surface area is 95.6 Å². The molecule has 0 bridgehead atoms. The van der Waals surface area contributed by atoms with Crippen LogP contribution in [0.1, 0.15) is 18.1 Å². The Balaban J connectivity index is 2.90. The summed E-state index contributed by atoms with van der Waals surface area (Å²) in [5, 5.41) is 18.1. The molecule has 1 atom stereocenters. The Morgan fingerprint density at radius 1 is 1.60 bits per heavy atom. The molecule has 2 N–H and O–H groups in total. The van der Waals surface area contributed by atoms with E-state index in [0.717, 1.165) is 4.47 Å². The van der Waals surface area contributed by atoms with Crippen molar-refractivity contribution in [1.82, 2.24) is 0 Å². The van der Waals surface area contributed by atoms with Gasteiger partial charge in [0, 0.05) is 0 Å². The summed E-state index contributed by atoms with van der Waals surface area (Å²) in [7, 11) is 1.51. The third-order valence-electron chi connectivity index (χ3n) is 1.93. The molecule has 0 unspecified atom stereocenters. The molecule has 0 aliphatic heterocycles. The van der Waals surface area contributed by atoms with Crippen molar-refractivity contribution >= 4 is 21.9 Å². The maximum Gasteiger partial charge on any atom is 0.306 e. The number of halogens is 1. The van der Waals surface area contributed by atoms with Gasteiger partial charge in [0.1, 0.15) is 5.75 Å². The number of hydrogen-bond acceptors (Lipinski definition) is 3. The van der Waals surface area contributed by atoms with Crippen LogP contribution in [0.25, 0.3) is 0 Å². The van der Waals surface area contributed by atoms with Crippen molar-refractivity contribution in [2.24, 2.45) is 0 Å². The van der Waals surface area contributed by atoms with Gasteiger partial charge < -0.3 is 14.9 Å². The van der Waals surface area contributed by atoms with Gasteiger partial charge in [-0.05, 0) is 33.6 Å².